The monoisotopic (exact) mass is 335 g/mol. The first-order chi connectivity index (χ1) is 11.0. The van der Waals surface area contributed by atoms with Gasteiger partial charge in [0, 0.05) is 6.54 Å². The summed E-state index contributed by atoms with van der Waals surface area (Å²) in [6.45, 7) is 1.90. The lowest BCUT2D eigenvalue weighted by molar-refractivity contribution is 0.181. The van der Waals surface area contributed by atoms with Gasteiger partial charge in [0.15, 0.2) is 0 Å². The number of hydrogen-bond acceptors (Lipinski definition) is 4. The van der Waals surface area contributed by atoms with Crippen LogP contribution in [-0.2, 0) is 16.4 Å². The maximum Gasteiger partial charge on any atom is 0.240 e. The van der Waals surface area contributed by atoms with Gasteiger partial charge in [0.1, 0.15) is 5.75 Å². The summed E-state index contributed by atoms with van der Waals surface area (Å²) in [6.07, 6.45) is -0.0998. The Morgan fingerprint density at radius 3 is 2.48 bits per heavy atom. The molecule has 0 saturated carbocycles. The topological polar surface area (TPSA) is 75.6 Å². The van der Waals surface area contributed by atoms with Gasteiger partial charge in [0.25, 0.3) is 0 Å². The summed E-state index contributed by atoms with van der Waals surface area (Å²) in [5.74, 6) is 0.611. The molecular formula is C17H21NO4S. The van der Waals surface area contributed by atoms with Gasteiger partial charge in [0.2, 0.25) is 10.0 Å². The van der Waals surface area contributed by atoms with Crippen LogP contribution in [0.3, 0.4) is 0 Å². The number of benzene rings is 2. The van der Waals surface area contributed by atoms with E-state index in [-0.39, 0.29) is 11.4 Å². The highest BCUT2D eigenvalue weighted by Crippen LogP contribution is 2.19. The number of ether oxygens (including phenoxy) is 1. The highest BCUT2D eigenvalue weighted by atomic mass is 32.2. The molecule has 0 aromatic heterocycles. The number of aliphatic hydroxyl groups excluding tert-OH is 1. The summed E-state index contributed by atoms with van der Waals surface area (Å²) in [6, 6.07) is 13.6. The first-order valence-electron chi connectivity index (χ1n) is 7.37. The highest BCUT2D eigenvalue weighted by molar-refractivity contribution is 7.89. The molecule has 0 aliphatic rings. The fourth-order valence-corrected chi connectivity index (χ4v) is 3.18. The summed E-state index contributed by atoms with van der Waals surface area (Å²) >= 11 is 0. The Balaban J connectivity index is 2.05. The zero-order valence-corrected chi connectivity index (χ0v) is 14.0. The van der Waals surface area contributed by atoms with Crippen LogP contribution in [0.4, 0.5) is 0 Å². The van der Waals surface area contributed by atoms with E-state index in [1.807, 2.05) is 6.92 Å². The van der Waals surface area contributed by atoms with Crippen LogP contribution in [0.2, 0.25) is 0 Å². The molecule has 0 heterocycles. The highest BCUT2D eigenvalue weighted by Gasteiger charge is 2.17. The van der Waals surface area contributed by atoms with Crippen molar-refractivity contribution in [2.45, 2.75) is 24.3 Å². The first kappa shape index (κ1) is 17.5. The molecule has 23 heavy (non-hydrogen) atoms. The second-order valence-corrected chi connectivity index (χ2v) is 6.91. The molecule has 2 aromatic rings. The lowest BCUT2D eigenvalue weighted by Gasteiger charge is -2.13. The summed E-state index contributed by atoms with van der Waals surface area (Å²) < 4.78 is 32.0. The van der Waals surface area contributed by atoms with Gasteiger partial charge >= 0.3 is 0 Å². The quantitative estimate of drug-likeness (QED) is 0.814. The number of nitrogens with one attached hydrogen (secondary N) is 1. The first-order valence-corrected chi connectivity index (χ1v) is 8.85. The SMILES string of the molecule is CCc1ccc(S(=O)(=O)NCC(O)c2cccc(OC)c2)cc1. The fourth-order valence-electron chi connectivity index (χ4n) is 2.14. The van der Waals surface area contributed by atoms with Gasteiger partial charge in [0.05, 0.1) is 18.1 Å². The molecular weight excluding hydrogens is 314 g/mol. The minimum atomic E-state index is -3.65. The van der Waals surface area contributed by atoms with Crippen molar-refractivity contribution < 1.29 is 18.3 Å². The van der Waals surface area contributed by atoms with Gasteiger partial charge in [-0.3, -0.25) is 0 Å². The molecule has 1 atom stereocenters. The van der Waals surface area contributed by atoms with E-state index in [9.17, 15) is 13.5 Å². The van der Waals surface area contributed by atoms with E-state index >= 15 is 0 Å². The summed E-state index contributed by atoms with van der Waals surface area (Å²) in [5, 5.41) is 10.2. The van der Waals surface area contributed by atoms with Gasteiger partial charge in [-0.05, 0) is 41.8 Å². The summed E-state index contributed by atoms with van der Waals surface area (Å²) in [4.78, 5) is 0.188. The number of hydrogen-bond donors (Lipinski definition) is 2. The molecule has 0 fully saturated rings. The van der Waals surface area contributed by atoms with Gasteiger partial charge in [-0.15, -0.1) is 0 Å². The van der Waals surface area contributed by atoms with Gasteiger partial charge in [-0.2, -0.15) is 0 Å². The smallest absolute Gasteiger partial charge is 0.240 e. The van der Waals surface area contributed by atoms with Gasteiger partial charge in [-0.1, -0.05) is 31.2 Å². The van der Waals surface area contributed by atoms with Crippen LogP contribution in [-0.4, -0.2) is 27.2 Å². The van der Waals surface area contributed by atoms with Crippen LogP contribution in [0.25, 0.3) is 0 Å². The molecule has 5 nitrogen and oxygen atoms in total. The number of sulfonamides is 1. The van der Waals surface area contributed by atoms with Crippen molar-refractivity contribution in [1.82, 2.24) is 4.72 Å². The summed E-state index contributed by atoms with van der Waals surface area (Å²) in [5.41, 5.74) is 1.66. The average Bonchev–Trinajstić information content (AvgIpc) is 2.59. The van der Waals surface area contributed by atoms with Crippen molar-refractivity contribution in [1.29, 1.82) is 0 Å². The van der Waals surface area contributed by atoms with Crippen LogP contribution < -0.4 is 9.46 Å². The summed E-state index contributed by atoms with van der Waals surface area (Å²) in [7, 11) is -2.11. The standard InChI is InChI=1S/C17H21NO4S/c1-3-13-7-9-16(10-8-13)23(20,21)18-12-17(19)14-5-4-6-15(11-14)22-2/h4-11,17-19H,3,12H2,1-2H3. The molecule has 0 radical (unpaired) electrons. The van der Waals surface area contributed by atoms with Crippen LogP contribution in [0, 0.1) is 0 Å². The molecule has 0 aliphatic heterocycles. The Morgan fingerprint density at radius 1 is 1.17 bits per heavy atom. The Labute approximate surface area is 137 Å². The van der Waals surface area contributed by atoms with Crippen LogP contribution in [0.15, 0.2) is 53.4 Å². The van der Waals surface area contributed by atoms with Crippen molar-refractivity contribution in [3.8, 4) is 5.75 Å². The van der Waals surface area contributed by atoms with Crippen molar-refractivity contribution in [2.75, 3.05) is 13.7 Å². The van der Waals surface area contributed by atoms with Crippen molar-refractivity contribution in [3.05, 3.63) is 59.7 Å². The van der Waals surface area contributed by atoms with Crippen molar-refractivity contribution in [2.24, 2.45) is 0 Å². The third-order valence-corrected chi connectivity index (χ3v) is 5.03. The molecule has 124 valence electrons. The molecule has 0 aliphatic carbocycles. The van der Waals surface area contributed by atoms with Crippen molar-refractivity contribution in [3.63, 3.8) is 0 Å². The van der Waals surface area contributed by atoms with E-state index in [1.165, 1.54) is 7.11 Å². The molecule has 2 rings (SSSR count). The molecule has 0 spiro atoms. The molecule has 2 N–H and O–H groups in total. The molecule has 2 aromatic carbocycles. The third-order valence-electron chi connectivity index (χ3n) is 3.59. The molecule has 0 saturated heterocycles. The third kappa shape index (κ3) is 4.54. The van der Waals surface area contributed by atoms with E-state index in [0.29, 0.717) is 11.3 Å². The number of rotatable bonds is 7. The van der Waals surface area contributed by atoms with Crippen molar-refractivity contribution >= 4 is 10.0 Å². The molecule has 0 amide bonds. The maximum absolute atomic E-state index is 12.2. The predicted octanol–water partition coefficient (Wildman–Crippen LogP) is 2.27. The largest absolute Gasteiger partial charge is 0.497 e. The van der Waals surface area contributed by atoms with Crippen LogP contribution in [0.5, 0.6) is 5.75 Å². The lowest BCUT2D eigenvalue weighted by Crippen LogP contribution is -2.28. The van der Waals surface area contributed by atoms with E-state index in [0.717, 1.165) is 12.0 Å². The number of aryl methyl sites for hydroxylation is 1. The average molecular weight is 335 g/mol. The van der Waals surface area contributed by atoms with Gasteiger partial charge < -0.3 is 9.84 Å². The maximum atomic E-state index is 12.2. The minimum Gasteiger partial charge on any atom is -0.497 e. The van der Waals surface area contributed by atoms with Crippen LogP contribution in [0.1, 0.15) is 24.2 Å². The van der Waals surface area contributed by atoms with Gasteiger partial charge in [-0.25, -0.2) is 13.1 Å². The number of aliphatic hydroxyl groups is 1. The minimum absolute atomic E-state index is 0.106. The second kappa shape index (κ2) is 7.59. The molecule has 0 bridgehead atoms. The Kier molecular flexibility index (Phi) is 5.76. The number of methoxy groups -OCH3 is 1. The Morgan fingerprint density at radius 2 is 1.87 bits per heavy atom. The zero-order chi connectivity index (χ0) is 16.9. The second-order valence-electron chi connectivity index (χ2n) is 5.14. The zero-order valence-electron chi connectivity index (χ0n) is 13.2. The van der Waals surface area contributed by atoms with E-state index in [1.54, 1.807) is 48.5 Å². The predicted molar refractivity (Wildman–Crippen MR) is 89.0 cm³/mol. The Hall–Kier alpha value is -1.89. The normalized spacial score (nSPS) is 12.8. The van der Waals surface area contributed by atoms with E-state index < -0.39 is 16.1 Å². The molecule has 6 heteroatoms. The van der Waals surface area contributed by atoms with Crippen LogP contribution >= 0.6 is 0 Å². The molecule has 1 unspecified atom stereocenters. The lowest BCUT2D eigenvalue weighted by atomic mass is 10.1. The Bertz CT molecular complexity index is 741. The van der Waals surface area contributed by atoms with E-state index in [2.05, 4.69) is 4.72 Å². The fraction of sp³-hybridized carbons (Fsp3) is 0.294. The van der Waals surface area contributed by atoms with E-state index in [4.69, 9.17) is 4.74 Å².